The minimum absolute atomic E-state index is 0.326. The number of sulfone groups is 1. The molecule has 0 radical (unpaired) electrons. The number of hydrogen-bond acceptors (Lipinski definition) is 2. The monoisotopic (exact) mass is 318 g/mol. The van der Waals surface area contributed by atoms with E-state index in [2.05, 4.69) is 0 Å². The van der Waals surface area contributed by atoms with Gasteiger partial charge < -0.3 is 0 Å². The van der Waals surface area contributed by atoms with E-state index >= 15 is 0 Å². The third-order valence-corrected chi connectivity index (χ3v) is 5.88. The van der Waals surface area contributed by atoms with Gasteiger partial charge in [0.15, 0.2) is 0 Å². The van der Waals surface area contributed by atoms with Gasteiger partial charge in [0.25, 0.3) is 0 Å². The Kier molecular flexibility index (Phi) is 3.17. The number of rotatable bonds is 2. The number of benzene rings is 4. The van der Waals surface area contributed by atoms with Crippen LogP contribution in [0.2, 0.25) is 0 Å². The Morgan fingerprint density at radius 2 is 1.22 bits per heavy atom. The molecule has 4 aromatic carbocycles. The van der Waals surface area contributed by atoms with Crippen LogP contribution < -0.4 is 0 Å². The van der Waals surface area contributed by atoms with E-state index in [1.807, 2.05) is 60.7 Å². The van der Waals surface area contributed by atoms with Crippen molar-refractivity contribution in [3.63, 3.8) is 0 Å². The lowest BCUT2D eigenvalue weighted by Gasteiger charge is -2.09. The van der Waals surface area contributed by atoms with Gasteiger partial charge in [-0.3, -0.25) is 0 Å². The molecule has 0 spiro atoms. The maximum atomic E-state index is 13.1. The first-order chi connectivity index (χ1) is 11.2. The molecule has 3 heteroatoms. The quantitative estimate of drug-likeness (QED) is 0.531. The average Bonchev–Trinajstić information content (AvgIpc) is 2.60. The summed E-state index contributed by atoms with van der Waals surface area (Å²) in [6, 6.07) is 26.0. The highest BCUT2D eigenvalue weighted by molar-refractivity contribution is 7.91. The fourth-order valence-corrected chi connectivity index (χ4v) is 4.41. The Morgan fingerprint density at radius 1 is 0.565 bits per heavy atom. The van der Waals surface area contributed by atoms with Crippen LogP contribution in [-0.4, -0.2) is 8.42 Å². The fourth-order valence-electron chi connectivity index (χ4n) is 2.89. The highest BCUT2D eigenvalue weighted by atomic mass is 32.2. The van der Waals surface area contributed by atoms with E-state index in [1.165, 1.54) is 0 Å². The van der Waals surface area contributed by atoms with Crippen LogP contribution in [0.15, 0.2) is 94.7 Å². The molecule has 0 amide bonds. The first-order valence-corrected chi connectivity index (χ1v) is 8.86. The molecule has 0 aliphatic heterocycles. The Labute approximate surface area is 134 Å². The molecule has 0 atom stereocenters. The first-order valence-electron chi connectivity index (χ1n) is 7.38. The molecule has 0 saturated heterocycles. The van der Waals surface area contributed by atoms with Gasteiger partial charge in [-0.05, 0) is 34.4 Å². The van der Waals surface area contributed by atoms with E-state index in [0.29, 0.717) is 9.79 Å². The molecule has 0 aliphatic rings. The summed E-state index contributed by atoms with van der Waals surface area (Å²) in [7, 11) is -3.56. The van der Waals surface area contributed by atoms with Crippen LogP contribution in [0.3, 0.4) is 0 Å². The lowest BCUT2D eigenvalue weighted by molar-refractivity contribution is 0.597. The summed E-state index contributed by atoms with van der Waals surface area (Å²) in [6.07, 6.45) is 0. The first kappa shape index (κ1) is 14.0. The smallest absolute Gasteiger partial charge is 0.207 e. The maximum absolute atomic E-state index is 13.1. The van der Waals surface area contributed by atoms with Gasteiger partial charge in [0, 0.05) is 5.39 Å². The van der Waals surface area contributed by atoms with Gasteiger partial charge in [0.2, 0.25) is 9.84 Å². The Morgan fingerprint density at radius 3 is 2.04 bits per heavy atom. The lowest BCUT2D eigenvalue weighted by atomic mass is 10.1. The van der Waals surface area contributed by atoms with Crippen molar-refractivity contribution in [1.29, 1.82) is 0 Å². The van der Waals surface area contributed by atoms with Crippen LogP contribution in [0.5, 0.6) is 0 Å². The third-order valence-electron chi connectivity index (χ3n) is 4.07. The molecule has 23 heavy (non-hydrogen) atoms. The molecule has 0 bridgehead atoms. The van der Waals surface area contributed by atoms with Gasteiger partial charge in [-0.25, -0.2) is 8.42 Å². The van der Waals surface area contributed by atoms with Crippen LogP contribution in [0, 0.1) is 0 Å². The Bertz CT molecular complexity index is 1120. The van der Waals surface area contributed by atoms with Gasteiger partial charge >= 0.3 is 0 Å². The molecule has 112 valence electrons. The Balaban J connectivity index is 1.98. The SMILES string of the molecule is O=S(=O)(c1ccc2ccccc2c1)c1cccc2ccccc12. The van der Waals surface area contributed by atoms with Crippen LogP contribution in [0.1, 0.15) is 0 Å². The van der Waals surface area contributed by atoms with Gasteiger partial charge in [0.05, 0.1) is 9.79 Å². The summed E-state index contributed by atoms with van der Waals surface area (Å²) >= 11 is 0. The fraction of sp³-hybridized carbons (Fsp3) is 0. The molecular weight excluding hydrogens is 304 g/mol. The average molecular weight is 318 g/mol. The molecule has 4 rings (SSSR count). The van der Waals surface area contributed by atoms with Crippen molar-refractivity contribution in [3.05, 3.63) is 84.9 Å². The summed E-state index contributed by atoms with van der Waals surface area (Å²) < 4.78 is 26.2. The van der Waals surface area contributed by atoms with E-state index in [1.54, 1.807) is 24.3 Å². The minimum atomic E-state index is -3.56. The van der Waals surface area contributed by atoms with Crippen LogP contribution in [0.4, 0.5) is 0 Å². The van der Waals surface area contributed by atoms with E-state index in [9.17, 15) is 8.42 Å². The van der Waals surface area contributed by atoms with Gasteiger partial charge in [0.1, 0.15) is 0 Å². The van der Waals surface area contributed by atoms with Crippen LogP contribution in [-0.2, 0) is 9.84 Å². The second-order valence-electron chi connectivity index (χ2n) is 5.49. The van der Waals surface area contributed by atoms with Crippen molar-refractivity contribution in [1.82, 2.24) is 0 Å². The van der Waals surface area contributed by atoms with E-state index < -0.39 is 9.84 Å². The predicted molar refractivity (Wildman–Crippen MR) is 93.3 cm³/mol. The number of hydrogen-bond donors (Lipinski definition) is 0. The van der Waals surface area contributed by atoms with E-state index in [0.717, 1.165) is 21.5 Å². The topological polar surface area (TPSA) is 34.1 Å². The lowest BCUT2D eigenvalue weighted by Crippen LogP contribution is -2.02. The van der Waals surface area contributed by atoms with Crippen molar-refractivity contribution in [2.24, 2.45) is 0 Å². The number of fused-ring (bicyclic) bond motifs is 2. The van der Waals surface area contributed by atoms with E-state index in [-0.39, 0.29) is 0 Å². The van der Waals surface area contributed by atoms with Crippen LogP contribution in [0.25, 0.3) is 21.5 Å². The summed E-state index contributed by atoms with van der Waals surface area (Å²) in [5.74, 6) is 0. The molecule has 0 aromatic heterocycles. The molecule has 0 aliphatic carbocycles. The highest BCUT2D eigenvalue weighted by Crippen LogP contribution is 2.29. The molecule has 4 aromatic rings. The van der Waals surface area contributed by atoms with Crippen molar-refractivity contribution in [2.45, 2.75) is 9.79 Å². The second-order valence-corrected chi connectivity index (χ2v) is 7.41. The largest absolute Gasteiger partial charge is 0.218 e. The van der Waals surface area contributed by atoms with Crippen molar-refractivity contribution >= 4 is 31.4 Å². The zero-order valence-corrected chi connectivity index (χ0v) is 13.1. The van der Waals surface area contributed by atoms with Crippen molar-refractivity contribution in [2.75, 3.05) is 0 Å². The molecule has 0 heterocycles. The molecule has 0 unspecified atom stereocenters. The molecule has 0 saturated carbocycles. The Hall–Kier alpha value is -2.65. The normalized spacial score (nSPS) is 11.8. The molecule has 0 fully saturated rings. The molecule has 2 nitrogen and oxygen atoms in total. The molecular formula is C20H14O2S. The van der Waals surface area contributed by atoms with Gasteiger partial charge in [-0.2, -0.15) is 0 Å². The van der Waals surface area contributed by atoms with Crippen LogP contribution >= 0.6 is 0 Å². The minimum Gasteiger partial charge on any atom is -0.218 e. The van der Waals surface area contributed by atoms with Crippen molar-refractivity contribution in [3.8, 4) is 0 Å². The zero-order chi connectivity index (χ0) is 15.9. The zero-order valence-electron chi connectivity index (χ0n) is 12.3. The summed E-state index contributed by atoms with van der Waals surface area (Å²) in [5, 5.41) is 3.63. The summed E-state index contributed by atoms with van der Waals surface area (Å²) in [4.78, 5) is 0.679. The second kappa shape index (κ2) is 5.21. The maximum Gasteiger partial charge on any atom is 0.207 e. The predicted octanol–water partition coefficient (Wildman–Crippen LogP) is 4.83. The third kappa shape index (κ3) is 2.30. The van der Waals surface area contributed by atoms with Gasteiger partial charge in [-0.15, -0.1) is 0 Å². The summed E-state index contributed by atoms with van der Waals surface area (Å²) in [6.45, 7) is 0. The van der Waals surface area contributed by atoms with E-state index in [4.69, 9.17) is 0 Å². The summed E-state index contributed by atoms with van der Waals surface area (Å²) in [5.41, 5.74) is 0. The van der Waals surface area contributed by atoms with Crippen molar-refractivity contribution < 1.29 is 8.42 Å². The molecule has 0 N–H and O–H groups in total. The standard InChI is InChI=1S/C20H14O2S/c21-23(22,18-13-12-15-6-1-2-8-17(15)14-18)20-11-5-9-16-7-3-4-10-19(16)20/h1-14H. The van der Waals surface area contributed by atoms with Gasteiger partial charge in [-0.1, -0.05) is 66.7 Å². The highest BCUT2D eigenvalue weighted by Gasteiger charge is 2.20.